The van der Waals surface area contributed by atoms with Gasteiger partial charge in [-0.2, -0.15) is 13.2 Å². The first-order chi connectivity index (χ1) is 13.3. The SMILES string of the molecule is CCNC(=NCc1ncc(C)s1)NCC(O)COc1ccc(C(F)(F)F)cc1.I. The fraction of sp³-hybridized carbons (Fsp3) is 0.444. The molecule has 1 unspecified atom stereocenters. The zero-order valence-corrected chi connectivity index (χ0v) is 19.1. The van der Waals surface area contributed by atoms with E-state index in [0.29, 0.717) is 19.0 Å². The van der Waals surface area contributed by atoms with E-state index in [4.69, 9.17) is 4.74 Å². The van der Waals surface area contributed by atoms with Crippen molar-refractivity contribution in [3.63, 3.8) is 0 Å². The number of rotatable bonds is 8. The van der Waals surface area contributed by atoms with Crippen LogP contribution < -0.4 is 15.4 Å². The quantitative estimate of drug-likeness (QED) is 0.269. The molecule has 0 saturated heterocycles. The molecule has 0 amide bonds. The Morgan fingerprint density at radius 1 is 1.28 bits per heavy atom. The molecule has 0 aliphatic carbocycles. The summed E-state index contributed by atoms with van der Waals surface area (Å²) >= 11 is 1.57. The second-order valence-corrected chi connectivity index (χ2v) is 7.25. The number of aliphatic hydroxyl groups is 1. The number of aryl methyl sites for hydroxylation is 1. The van der Waals surface area contributed by atoms with E-state index < -0.39 is 17.8 Å². The smallest absolute Gasteiger partial charge is 0.416 e. The first kappa shape index (κ1) is 25.4. The molecule has 162 valence electrons. The Morgan fingerprint density at radius 2 is 1.97 bits per heavy atom. The second kappa shape index (κ2) is 12.2. The summed E-state index contributed by atoms with van der Waals surface area (Å²) in [5.41, 5.74) is -0.746. The maximum atomic E-state index is 12.5. The van der Waals surface area contributed by atoms with Crippen molar-refractivity contribution in [1.29, 1.82) is 0 Å². The molecule has 0 saturated carbocycles. The highest BCUT2D eigenvalue weighted by Gasteiger charge is 2.30. The van der Waals surface area contributed by atoms with Gasteiger partial charge < -0.3 is 20.5 Å². The first-order valence-electron chi connectivity index (χ1n) is 8.69. The molecule has 3 N–H and O–H groups in total. The minimum atomic E-state index is -4.39. The van der Waals surface area contributed by atoms with Gasteiger partial charge in [0.25, 0.3) is 0 Å². The lowest BCUT2D eigenvalue weighted by Crippen LogP contribution is -2.42. The van der Waals surface area contributed by atoms with Crippen molar-refractivity contribution in [2.45, 2.75) is 32.7 Å². The maximum absolute atomic E-state index is 12.5. The van der Waals surface area contributed by atoms with Crippen LogP contribution in [0.2, 0.25) is 0 Å². The third-order valence-electron chi connectivity index (χ3n) is 3.51. The molecule has 0 spiro atoms. The Hall–Kier alpha value is -1.60. The van der Waals surface area contributed by atoms with Gasteiger partial charge in [0, 0.05) is 24.2 Å². The zero-order valence-electron chi connectivity index (χ0n) is 16.0. The lowest BCUT2D eigenvalue weighted by atomic mass is 10.2. The molecule has 1 heterocycles. The molecule has 2 aromatic rings. The zero-order chi connectivity index (χ0) is 20.6. The summed E-state index contributed by atoms with van der Waals surface area (Å²) < 4.78 is 42.9. The monoisotopic (exact) mass is 544 g/mol. The van der Waals surface area contributed by atoms with Crippen molar-refractivity contribution in [2.75, 3.05) is 19.7 Å². The van der Waals surface area contributed by atoms with Crippen LogP contribution in [0.5, 0.6) is 5.75 Å². The Kier molecular flexibility index (Phi) is 10.7. The first-order valence-corrected chi connectivity index (χ1v) is 9.51. The summed E-state index contributed by atoms with van der Waals surface area (Å²) in [7, 11) is 0. The van der Waals surface area contributed by atoms with Crippen molar-refractivity contribution < 1.29 is 23.0 Å². The number of aromatic nitrogens is 1. The Labute approximate surface area is 188 Å². The fourth-order valence-corrected chi connectivity index (χ4v) is 2.88. The standard InChI is InChI=1S/C18H23F3N4O2S.HI/c1-3-22-17(25-10-16-23-8-12(2)28-16)24-9-14(26)11-27-15-6-4-13(5-7-15)18(19,20)21;/h4-8,14,26H,3,9-11H2,1-2H3,(H2,22,24,25);1H. The van der Waals surface area contributed by atoms with Gasteiger partial charge in [-0.25, -0.2) is 9.98 Å². The lowest BCUT2D eigenvalue weighted by Gasteiger charge is -2.16. The average Bonchev–Trinajstić information content (AvgIpc) is 3.07. The van der Waals surface area contributed by atoms with E-state index in [2.05, 4.69) is 20.6 Å². The molecule has 6 nitrogen and oxygen atoms in total. The largest absolute Gasteiger partial charge is 0.491 e. The average molecular weight is 544 g/mol. The number of benzene rings is 1. The Balaban J connectivity index is 0.00000420. The van der Waals surface area contributed by atoms with Gasteiger partial charge in [0.1, 0.15) is 23.5 Å². The molecule has 1 atom stereocenters. The predicted octanol–water partition coefficient (Wildman–Crippen LogP) is 3.58. The lowest BCUT2D eigenvalue weighted by molar-refractivity contribution is -0.137. The minimum absolute atomic E-state index is 0. The third kappa shape index (κ3) is 9.17. The van der Waals surface area contributed by atoms with Crippen molar-refractivity contribution in [2.24, 2.45) is 4.99 Å². The van der Waals surface area contributed by atoms with Crippen molar-refractivity contribution in [1.82, 2.24) is 15.6 Å². The molecule has 29 heavy (non-hydrogen) atoms. The number of guanidine groups is 1. The van der Waals surface area contributed by atoms with Crippen LogP contribution >= 0.6 is 35.3 Å². The number of halogens is 4. The van der Waals surface area contributed by atoms with Crippen LogP contribution in [0.1, 0.15) is 22.4 Å². The van der Waals surface area contributed by atoms with E-state index in [9.17, 15) is 18.3 Å². The summed E-state index contributed by atoms with van der Waals surface area (Å²) in [6.45, 7) is 5.08. The van der Waals surface area contributed by atoms with E-state index in [0.717, 1.165) is 22.0 Å². The van der Waals surface area contributed by atoms with Crippen LogP contribution in [0.3, 0.4) is 0 Å². The number of hydrogen-bond acceptors (Lipinski definition) is 5. The molecule has 0 aliphatic rings. The van der Waals surface area contributed by atoms with Gasteiger partial charge >= 0.3 is 6.18 Å². The number of aliphatic hydroxyl groups excluding tert-OH is 1. The van der Waals surface area contributed by atoms with Gasteiger partial charge in [0.05, 0.1) is 12.1 Å². The highest BCUT2D eigenvalue weighted by Crippen LogP contribution is 2.30. The minimum Gasteiger partial charge on any atom is -0.491 e. The van der Waals surface area contributed by atoms with Gasteiger partial charge in [-0.1, -0.05) is 0 Å². The van der Waals surface area contributed by atoms with Crippen LogP contribution in [-0.2, 0) is 12.7 Å². The van der Waals surface area contributed by atoms with Crippen LogP contribution in [0.4, 0.5) is 13.2 Å². The summed E-state index contributed by atoms with van der Waals surface area (Å²) in [5.74, 6) is 0.788. The van der Waals surface area contributed by atoms with Gasteiger partial charge in [-0.15, -0.1) is 35.3 Å². The van der Waals surface area contributed by atoms with Crippen molar-refractivity contribution in [3.8, 4) is 5.75 Å². The van der Waals surface area contributed by atoms with Crippen molar-refractivity contribution in [3.05, 3.63) is 45.9 Å². The van der Waals surface area contributed by atoms with Gasteiger partial charge in [0.15, 0.2) is 5.96 Å². The Morgan fingerprint density at radius 3 is 2.52 bits per heavy atom. The van der Waals surface area contributed by atoms with E-state index in [1.807, 2.05) is 13.8 Å². The molecule has 0 fully saturated rings. The molecular formula is C18H24F3IN4O2S. The predicted molar refractivity (Wildman–Crippen MR) is 118 cm³/mol. The third-order valence-corrected chi connectivity index (χ3v) is 4.41. The second-order valence-electron chi connectivity index (χ2n) is 5.93. The van der Waals surface area contributed by atoms with Crippen molar-refractivity contribution >= 4 is 41.3 Å². The summed E-state index contributed by atoms with van der Waals surface area (Å²) in [6, 6.07) is 4.33. The molecule has 11 heteroatoms. The molecule has 0 bridgehead atoms. The van der Waals surface area contributed by atoms with Crippen LogP contribution in [0.25, 0.3) is 0 Å². The maximum Gasteiger partial charge on any atom is 0.416 e. The normalized spacial score (nSPS) is 12.8. The van der Waals surface area contributed by atoms with Gasteiger partial charge in [-0.05, 0) is 38.1 Å². The highest BCUT2D eigenvalue weighted by molar-refractivity contribution is 14.0. The van der Waals surface area contributed by atoms with Crippen LogP contribution in [0.15, 0.2) is 35.5 Å². The summed E-state index contributed by atoms with van der Waals surface area (Å²) in [6.07, 6.45) is -3.47. The van der Waals surface area contributed by atoms with Gasteiger partial charge in [0.2, 0.25) is 0 Å². The van der Waals surface area contributed by atoms with Crippen LogP contribution in [-0.4, -0.2) is 41.9 Å². The van der Waals surface area contributed by atoms with E-state index in [1.54, 1.807) is 17.5 Å². The molecule has 0 aliphatic heterocycles. The van der Waals surface area contributed by atoms with E-state index >= 15 is 0 Å². The highest BCUT2D eigenvalue weighted by atomic mass is 127. The van der Waals surface area contributed by atoms with E-state index in [-0.39, 0.29) is 42.9 Å². The summed E-state index contributed by atoms with van der Waals surface area (Å²) in [4.78, 5) is 9.76. The number of alkyl halides is 3. The summed E-state index contributed by atoms with van der Waals surface area (Å²) in [5, 5.41) is 17.0. The number of thiazole rings is 1. The molecule has 2 rings (SSSR count). The number of hydrogen-bond donors (Lipinski definition) is 3. The number of nitrogens with one attached hydrogen (secondary N) is 2. The molecule has 1 aromatic heterocycles. The molecule has 1 aromatic carbocycles. The van der Waals surface area contributed by atoms with Crippen LogP contribution in [0, 0.1) is 6.92 Å². The number of ether oxygens (including phenoxy) is 1. The Bertz CT molecular complexity index is 769. The van der Waals surface area contributed by atoms with Gasteiger partial charge in [-0.3, -0.25) is 0 Å². The fourth-order valence-electron chi connectivity index (χ4n) is 2.17. The number of nitrogens with zero attached hydrogens (tertiary/aromatic N) is 2. The number of aliphatic imine (C=N–C) groups is 1. The topological polar surface area (TPSA) is 78.8 Å². The van der Waals surface area contributed by atoms with E-state index in [1.165, 1.54) is 12.1 Å². The molecule has 0 radical (unpaired) electrons. The molecular weight excluding hydrogens is 520 g/mol.